The molecular weight excluding hydrogens is 268 g/mol. The van der Waals surface area contributed by atoms with Gasteiger partial charge < -0.3 is 15.8 Å². The molecule has 102 valence electrons. The number of ether oxygens (including phenoxy) is 1. The third-order valence-electron chi connectivity index (χ3n) is 2.39. The van der Waals surface area contributed by atoms with Gasteiger partial charge in [-0.3, -0.25) is 5.10 Å². The van der Waals surface area contributed by atoms with Crippen molar-refractivity contribution < 1.29 is 9.53 Å². The first-order valence-electron chi connectivity index (χ1n) is 5.67. The van der Waals surface area contributed by atoms with Crippen LogP contribution in [0.2, 0.25) is 0 Å². The second-order valence-corrected chi connectivity index (χ2v) is 4.50. The molecule has 0 bridgehead atoms. The first-order chi connectivity index (χ1) is 9.13. The van der Waals surface area contributed by atoms with E-state index in [4.69, 9.17) is 10.5 Å². The molecule has 0 saturated carbocycles. The SMILES string of the molecule is CCOC(=O)c1c(N)nsc1NC(C)c1ncn[nH]1. The van der Waals surface area contributed by atoms with Crippen LogP contribution < -0.4 is 11.1 Å². The van der Waals surface area contributed by atoms with Gasteiger partial charge in [0.1, 0.15) is 22.7 Å². The van der Waals surface area contributed by atoms with Crippen LogP contribution in [0.5, 0.6) is 0 Å². The standard InChI is InChI=1S/C10H14N6O2S/c1-3-18-10(17)6-7(11)16-19-9(6)14-5(2)8-12-4-13-15-8/h4-5,14H,3H2,1-2H3,(H2,11,16)(H,12,13,15). The number of nitrogens with two attached hydrogens (primary N) is 1. The Morgan fingerprint density at radius 2 is 2.47 bits per heavy atom. The number of rotatable bonds is 5. The number of aromatic nitrogens is 4. The minimum atomic E-state index is -0.485. The molecule has 0 aliphatic carbocycles. The van der Waals surface area contributed by atoms with E-state index in [-0.39, 0.29) is 24.0 Å². The minimum Gasteiger partial charge on any atom is -0.462 e. The van der Waals surface area contributed by atoms with E-state index in [1.807, 2.05) is 6.92 Å². The predicted octanol–water partition coefficient (Wildman–Crippen LogP) is 1.19. The van der Waals surface area contributed by atoms with Crippen molar-refractivity contribution in [3.8, 4) is 0 Å². The van der Waals surface area contributed by atoms with Gasteiger partial charge in [-0.15, -0.1) is 0 Å². The largest absolute Gasteiger partial charge is 0.462 e. The molecule has 4 N–H and O–H groups in total. The van der Waals surface area contributed by atoms with Crippen LogP contribution in [-0.4, -0.2) is 32.1 Å². The summed E-state index contributed by atoms with van der Waals surface area (Å²) >= 11 is 1.11. The highest BCUT2D eigenvalue weighted by Gasteiger charge is 2.22. The van der Waals surface area contributed by atoms with Crippen LogP contribution >= 0.6 is 11.5 Å². The number of carbonyl (C=O) groups is 1. The summed E-state index contributed by atoms with van der Waals surface area (Å²) in [7, 11) is 0. The number of hydrogen-bond donors (Lipinski definition) is 3. The molecule has 0 aliphatic heterocycles. The summed E-state index contributed by atoms with van der Waals surface area (Å²) in [6, 6.07) is -0.157. The summed E-state index contributed by atoms with van der Waals surface area (Å²) in [5.41, 5.74) is 5.95. The number of hydrogen-bond acceptors (Lipinski definition) is 8. The van der Waals surface area contributed by atoms with E-state index in [0.29, 0.717) is 10.8 Å². The Morgan fingerprint density at radius 3 is 3.11 bits per heavy atom. The average Bonchev–Trinajstić information content (AvgIpc) is 2.99. The molecule has 8 nitrogen and oxygen atoms in total. The van der Waals surface area contributed by atoms with Crippen LogP contribution in [0.4, 0.5) is 10.8 Å². The summed E-state index contributed by atoms with van der Waals surface area (Å²) in [5.74, 6) is 0.332. The summed E-state index contributed by atoms with van der Waals surface area (Å²) < 4.78 is 8.92. The van der Waals surface area contributed by atoms with Crippen molar-refractivity contribution in [2.75, 3.05) is 17.7 Å². The average molecular weight is 282 g/mol. The normalized spacial score (nSPS) is 12.1. The third-order valence-corrected chi connectivity index (χ3v) is 3.18. The molecule has 0 aliphatic rings. The maximum atomic E-state index is 11.8. The van der Waals surface area contributed by atoms with Gasteiger partial charge in [0.25, 0.3) is 0 Å². The Morgan fingerprint density at radius 1 is 1.68 bits per heavy atom. The smallest absolute Gasteiger partial charge is 0.344 e. The highest BCUT2D eigenvalue weighted by atomic mass is 32.1. The quantitative estimate of drug-likeness (QED) is 0.705. The first kappa shape index (κ1) is 13.3. The van der Waals surface area contributed by atoms with Crippen molar-refractivity contribution in [3.63, 3.8) is 0 Å². The Hall–Kier alpha value is -2.16. The Kier molecular flexibility index (Phi) is 3.95. The van der Waals surface area contributed by atoms with E-state index in [9.17, 15) is 4.79 Å². The Labute approximate surface area is 113 Å². The number of nitrogens with zero attached hydrogens (tertiary/aromatic N) is 3. The van der Waals surface area contributed by atoms with E-state index in [2.05, 4.69) is 24.9 Å². The van der Waals surface area contributed by atoms with Gasteiger partial charge in [0, 0.05) is 0 Å². The molecule has 2 heterocycles. The summed E-state index contributed by atoms with van der Waals surface area (Å²) in [5, 5.41) is 10.2. The van der Waals surface area contributed by atoms with Gasteiger partial charge in [0.15, 0.2) is 5.82 Å². The predicted molar refractivity (Wildman–Crippen MR) is 70.9 cm³/mol. The van der Waals surface area contributed by atoms with Crippen molar-refractivity contribution in [3.05, 3.63) is 17.7 Å². The fourth-order valence-electron chi connectivity index (χ4n) is 1.49. The van der Waals surface area contributed by atoms with Crippen molar-refractivity contribution in [1.82, 2.24) is 19.6 Å². The number of carbonyl (C=O) groups excluding carboxylic acids is 1. The summed E-state index contributed by atoms with van der Waals surface area (Å²) in [4.78, 5) is 15.8. The highest BCUT2D eigenvalue weighted by Crippen LogP contribution is 2.30. The molecule has 0 fully saturated rings. The molecule has 9 heteroatoms. The molecule has 19 heavy (non-hydrogen) atoms. The number of aromatic amines is 1. The zero-order valence-electron chi connectivity index (χ0n) is 10.5. The van der Waals surface area contributed by atoms with Crippen LogP contribution in [-0.2, 0) is 4.74 Å². The molecule has 1 atom stereocenters. The van der Waals surface area contributed by atoms with E-state index in [1.165, 1.54) is 6.33 Å². The van der Waals surface area contributed by atoms with Gasteiger partial charge in [-0.25, -0.2) is 9.78 Å². The van der Waals surface area contributed by atoms with Crippen LogP contribution in [0.3, 0.4) is 0 Å². The van der Waals surface area contributed by atoms with Crippen LogP contribution in [0.1, 0.15) is 36.1 Å². The molecule has 0 spiro atoms. The van der Waals surface area contributed by atoms with Crippen molar-refractivity contribution in [2.24, 2.45) is 0 Å². The molecule has 1 unspecified atom stereocenters. The van der Waals surface area contributed by atoms with E-state index < -0.39 is 5.97 Å². The Bertz CT molecular complexity index is 552. The number of nitrogens with one attached hydrogen (secondary N) is 2. The molecule has 2 aromatic rings. The molecule has 0 radical (unpaired) electrons. The summed E-state index contributed by atoms with van der Waals surface area (Å²) in [6.45, 7) is 3.90. The van der Waals surface area contributed by atoms with Gasteiger partial charge in [0.05, 0.1) is 12.6 Å². The zero-order valence-corrected chi connectivity index (χ0v) is 11.3. The minimum absolute atomic E-state index is 0.157. The Balaban J connectivity index is 2.19. The third kappa shape index (κ3) is 2.81. The van der Waals surface area contributed by atoms with Crippen LogP contribution in [0.25, 0.3) is 0 Å². The topological polar surface area (TPSA) is 119 Å². The van der Waals surface area contributed by atoms with Crippen molar-refractivity contribution >= 4 is 28.3 Å². The number of nitrogen functional groups attached to an aromatic ring is 1. The zero-order chi connectivity index (χ0) is 13.8. The maximum absolute atomic E-state index is 11.8. The maximum Gasteiger partial charge on any atom is 0.344 e. The molecule has 0 amide bonds. The molecule has 2 rings (SSSR count). The number of H-pyrrole nitrogens is 1. The van der Waals surface area contributed by atoms with Crippen LogP contribution in [0, 0.1) is 0 Å². The lowest BCUT2D eigenvalue weighted by Crippen LogP contribution is -2.13. The monoisotopic (exact) mass is 282 g/mol. The molecule has 0 aromatic carbocycles. The lowest BCUT2D eigenvalue weighted by Gasteiger charge is -2.11. The highest BCUT2D eigenvalue weighted by molar-refractivity contribution is 7.11. The van der Waals surface area contributed by atoms with Gasteiger partial charge >= 0.3 is 5.97 Å². The lowest BCUT2D eigenvalue weighted by atomic mass is 10.2. The fourth-order valence-corrected chi connectivity index (χ4v) is 2.28. The van der Waals surface area contributed by atoms with Crippen LogP contribution in [0.15, 0.2) is 6.33 Å². The fraction of sp³-hybridized carbons (Fsp3) is 0.400. The molecule has 2 aromatic heterocycles. The van der Waals surface area contributed by atoms with E-state index >= 15 is 0 Å². The molecule has 0 saturated heterocycles. The van der Waals surface area contributed by atoms with E-state index in [0.717, 1.165) is 11.5 Å². The van der Waals surface area contributed by atoms with Gasteiger partial charge in [-0.2, -0.15) is 9.47 Å². The second-order valence-electron chi connectivity index (χ2n) is 3.73. The second kappa shape index (κ2) is 5.65. The van der Waals surface area contributed by atoms with E-state index in [1.54, 1.807) is 6.92 Å². The van der Waals surface area contributed by atoms with Gasteiger partial charge in [-0.1, -0.05) is 0 Å². The van der Waals surface area contributed by atoms with Gasteiger partial charge in [-0.05, 0) is 25.4 Å². The van der Waals surface area contributed by atoms with Crippen molar-refractivity contribution in [2.45, 2.75) is 19.9 Å². The lowest BCUT2D eigenvalue weighted by molar-refractivity contribution is 0.0529. The summed E-state index contributed by atoms with van der Waals surface area (Å²) in [6.07, 6.45) is 1.42. The number of anilines is 2. The van der Waals surface area contributed by atoms with Gasteiger partial charge in [0.2, 0.25) is 0 Å². The number of esters is 1. The first-order valence-corrected chi connectivity index (χ1v) is 6.44. The van der Waals surface area contributed by atoms with Crippen molar-refractivity contribution in [1.29, 1.82) is 0 Å². The molecular formula is C10H14N6O2S.